The van der Waals surface area contributed by atoms with Gasteiger partial charge in [0.05, 0.1) is 15.9 Å². The molecule has 8 heteroatoms. The van der Waals surface area contributed by atoms with Gasteiger partial charge in [-0.25, -0.2) is 0 Å². The van der Waals surface area contributed by atoms with Crippen LogP contribution in [0.5, 0.6) is 0 Å². The Balaban J connectivity index is 1.19. The number of β-amino-alcohol motifs (C(OH)–C–C–N with tert-alkyl or cyclic N) is 1. The van der Waals surface area contributed by atoms with Gasteiger partial charge in [0.15, 0.2) is 0 Å². The number of rotatable bonds is 12. The third-order valence-electron chi connectivity index (χ3n) is 7.96. The number of aliphatic hydroxyl groups excluding tert-OH is 1. The minimum atomic E-state index is -0.523. The third kappa shape index (κ3) is 7.56. The predicted octanol–water partition coefficient (Wildman–Crippen LogP) is 7.60. The molecule has 0 bridgehead atoms. The van der Waals surface area contributed by atoms with Gasteiger partial charge in [0.2, 0.25) is 0 Å². The van der Waals surface area contributed by atoms with Gasteiger partial charge in [-0.1, -0.05) is 54.6 Å². The van der Waals surface area contributed by atoms with E-state index in [2.05, 4.69) is 79.5 Å². The lowest BCUT2D eigenvalue weighted by molar-refractivity contribution is -0.387. The van der Waals surface area contributed by atoms with Crippen molar-refractivity contribution >= 4 is 39.6 Å². The van der Waals surface area contributed by atoms with E-state index >= 15 is 0 Å². The number of aliphatic hydroxyl groups is 1. The van der Waals surface area contributed by atoms with Gasteiger partial charge < -0.3 is 10.4 Å². The van der Waals surface area contributed by atoms with Crippen LogP contribution in [0.2, 0.25) is 0 Å². The Bertz CT molecular complexity index is 1470. The molecule has 0 saturated carbocycles. The molecule has 1 aromatic heterocycles. The summed E-state index contributed by atoms with van der Waals surface area (Å²) in [6.07, 6.45) is 2.27. The Kier molecular flexibility index (Phi) is 9.46. The molecule has 0 radical (unpaired) electrons. The van der Waals surface area contributed by atoms with Gasteiger partial charge in [0.25, 0.3) is 5.69 Å². The van der Waals surface area contributed by atoms with E-state index in [0.29, 0.717) is 18.0 Å². The van der Waals surface area contributed by atoms with Crippen LogP contribution >= 0.6 is 23.1 Å². The van der Waals surface area contributed by atoms with Crippen LogP contribution in [0.25, 0.3) is 10.8 Å². The smallest absolute Gasteiger partial charge is 0.283 e. The zero-order chi connectivity index (χ0) is 29.0. The van der Waals surface area contributed by atoms with Gasteiger partial charge in [0, 0.05) is 40.9 Å². The maximum Gasteiger partial charge on any atom is 0.283 e. The van der Waals surface area contributed by atoms with Crippen molar-refractivity contribution in [1.29, 1.82) is 0 Å². The third-order valence-corrected chi connectivity index (χ3v) is 10.4. The summed E-state index contributed by atoms with van der Waals surface area (Å²) in [6.45, 7) is 8.41. The number of likely N-dealkylation sites (tertiary alicyclic amines) is 1. The van der Waals surface area contributed by atoms with Crippen molar-refractivity contribution in [3.63, 3.8) is 0 Å². The summed E-state index contributed by atoms with van der Waals surface area (Å²) in [7, 11) is 0. The van der Waals surface area contributed by atoms with Crippen LogP contribution in [-0.2, 0) is 13.0 Å². The molecule has 2 heterocycles. The molecular formula is C33H39N3O3S2. The van der Waals surface area contributed by atoms with Gasteiger partial charge >= 0.3 is 0 Å². The van der Waals surface area contributed by atoms with Crippen molar-refractivity contribution in [3.8, 4) is 0 Å². The molecule has 1 fully saturated rings. The molecule has 41 heavy (non-hydrogen) atoms. The molecular weight excluding hydrogens is 551 g/mol. The maximum absolute atomic E-state index is 12.0. The number of hydrogen-bond acceptors (Lipinski definition) is 7. The minimum Gasteiger partial charge on any atom is -0.390 e. The van der Waals surface area contributed by atoms with Gasteiger partial charge in [-0.15, -0.1) is 23.1 Å². The summed E-state index contributed by atoms with van der Waals surface area (Å²) in [6, 6.07) is 24.7. The highest BCUT2D eigenvalue weighted by molar-refractivity contribution is 7.99. The van der Waals surface area contributed by atoms with E-state index in [0.717, 1.165) is 31.4 Å². The summed E-state index contributed by atoms with van der Waals surface area (Å²) in [5, 5.41) is 31.5. The second kappa shape index (κ2) is 13.0. The maximum atomic E-state index is 12.0. The van der Waals surface area contributed by atoms with Crippen LogP contribution in [0.3, 0.4) is 0 Å². The number of nitro groups is 1. The highest BCUT2D eigenvalue weighted by Gasteiger charge is 2.32. The second-order valence-electron chi connectivity index (χ2n) is 11.7. The number of nitro benzene ring substituents is 1. The molecule has 3 aromatic carbocycles. The average molecular weight is 590 g/mol. The summed E-state index contributed by atoms with van der Waals surface area (Å²) in [5.41, 5.74) is 2.16. The molecule has 4 aromatic rings. The molecule has 216 valence electrons. The minimum absolute atomic E-state index is 0.0194. The lowest BCUT2D eigenvalue weighted by Gasteiger charge is -2.33. The summed E-state index contributed by atoms with van der Waals surface area (Å²) >= 11 is 3.20. The molecule has 2 N–H and O–H groups in total. The summed E-state index contributed by atoms with van der Waals surface area (Å²) < 4.78 is 0. The lowest BCUT2D eigenvalue weighted by atomic mass is 9.93. The molecule has 0 aliphatic carbocycles. The van der Waals surface area contributed by atoms with Crippen molar-refractivity contribution in [1.82, 2.24) is 10.2 Å². The highest BCUT2D eigenvalue weighted by atomic mass is 32.2. The molecule has 5 rings (SSSR count). The Hall–Kier alpha value is -2.75. The predicted molar refractivity (Wildman–Crippen MR) is 171 cm³/mol. The first-order valence-electron chi connectivity index (χ1n) is 14.3. The van der Waals surface area contributed by atoms with E-state index in [4.69, 9.17) is 0 Å². The first kappa shape index (κ1) is 29.7. The van der Waals surface area contributed by atoms with E-state index in [1.807, 2.05) is 23.6 Å². The fourth-order valence-corrected chi connectivity index (χ4v) is 7.78. The van der Waals surface area contributed by atoms with E-state index in [-0.39, 0.29) is 27.4 Å². The van der Waals surface area contributed by atoms with Gasteiger partial charge in [-0.2, -0.15) is 0 Å². The average Bonchev–Trinajstić information content (AvgIpc) is 3.65. The van der Waals surface area contributed by atoms with E-state index in [9.17, 15) is 15.2 Å². The van der Waals surface area contributed by atoms with Crippen molar-refractivity contribution in [2.75, 3.05) is 13.1 Å². The number of nitrogens with one attached hydrogen (secondary N) is 1. The second-order valence-corrected chi connectivity index (χ2v) is 14.1. The van der Waals surface area contributed by atoms with Crippen LogP contribution in [0, 0.1) is 10.1 Å². The van der Waals surface area contributed by atoms with E-state index in [1.165, 1.54) is 33.0 Å². The topological polar surface area (TPSA) is 78.6 Å². The summed E-state index contributed by atoms with van der Waals surface area (Å²) in [5.74, 6) is 0. The molecule has 3 unspecified atom stereocenters. The number of nitrogens with zero attached hydrogens (tertiary/aromatic N) is 2. The number of hydrogen-bond donors (Lipinski definition) is 2. The molecule has 1 saturated heterocycles. The monoisotopic (exact) mass is 589 g/mol. The Morgan fingerprint density at radius 3 is 2.63 bits per heavy atom. The fraction of sp³-hybridized carbons (Fsp3) is 0.394. The number of benzene rings is 3. The van der Waals surface area contributed by atoms with Gasteiger partial charge in [-0.05, 0) is 86.0 Å². The number of fused-ring (bicyclic) bond motifs is 1. The van der Waals surface area contributed by atoms with Crippen molar-refractivity contribution in [2.24, 2.45) is 0 Å². The largest absolute Gasteiger partial charge is 0.390 e. The van der Waals surface area contributed by atoms with Crippen molar-refractivity contribution in [2.45, 2.75) is 74.4 Å². The molecule has 3 atom stereocenters. The summed E-state index contributed by atoms with van der Waals surface area (Å²) in [4.78, 5) is 15.9. The van der Waals surface area contributed by atoms with Crippen LogP contribution in [0.15, 0.2) is 83.1 Å². The highest BCUT2D eigenvalue weighted by Crippen LogP contribution is 2.41. The zero-order valence-electron chi connectivity index (χ0n) is 24.0. The molecule has 0 amide bonds. The van der Waals surface area contributed by atoms with Crippen LogP contribution in [-0.4, -0.2) is 45.7 Å². The zero-order valence-corrected chi connectivity index (χ0v) is 25.6. The van der Waals surface area contributed by atoms with E-state index in [1.54, 1.807) is 17.4 Å². The first-order valence-corrected chi connectivity index (χ1v) is 16.1. The lowest BCUT2D eigenvalue weighted by Crippen LogP contribution is -2.50. The Labute approximate surface area is 250 Å². The van der Waals surface area contributed by atoms with Gasteiger partial charge in [-0.3, -0.25) is 15.0 Å². The van der Waals surface area contributed by atoms with Crippen LogP contribution < -0.4 is 5.32 Å². The first-order chi connectivity index (χ1) is 19.7. The quantitative estimate of drug-likeness (QED) is 0.101. The number of thiophene rings is 1. The molecule has 1 aliphatic heterocycles. The standard InChI is InChI=1S/C33H39N3O3S2/c1-23(31-11-7-17-40-31)41-32-15-13-25(19-29(32)36(38)39)22-35-16-6-10-28(35)30(37)21-34-33(2,3)20-24-12-14-26-8-4-5-9-27(26)18-24/h4-5,7-9,11-15,17-19,23,28,30,34,37H,6,10,16,20-22H2,1-3H3. The van der Waals surface area contributed by atoms with Crippen LogP contribution in [0.1, 0.15) is 54.9 Å². The molecule has 1 aliphatic rings. The van der Waals surface area contributed by atoms with E-state index < -0.39 is 6.10 Å². The van der Waals surface area contributed by atoms with Crippen molar-refractivity contribution < 1.29 is 10.0 Å². The van der Waals surface area contributed by atoms with Crippen molar-refractivity contribution in [3.05, 3.63) is 104 Å². The molecule has 0 spiro atoms. The molecule has 6 nitrogen and oxygen atoms in total. The van der Waals surface area contributed by atoms with Crippen LogP contribution in [0.4, 0.5) is 5.69 Å². The normalized spacial score (nSPS) is 17.6. The van der Waals surface area contributed by atoms with Gasteiger partial charge in [0.1, 0.15) is 0 Å². The Morgan fingerprint density at radius 1 is 1.10 bits per heavy atom. The number of thioether (sulfide) groups is 1. The SMILES string of the molecule is CC(Sc1ccc(CN2CCCC2C(O)CNC(C)(C)Cc2ccc3ccccc3c2)cc1[N+](=O)[O-])c1cccs1. The Morgan fingerprint density at radius 2 is 1.88 bits per heavy atom. The fourth-order valence-electron chi connectivity index (χ4n) is 5.83.